The number of aliphatic hydroxyl groups is 1. The van der Waals surface area contributed by atoms with Crippen LogP contribution in [0.2, 0.25) is 0 Å². The minimum Gasteiger partial charge on any atom is -0.387 e. The maximum Gasteiger partial charge on any atom is 0.0928 e. The molecule has 0 aliphatic heterocycles. The van der Waals surface area contributed by atoms with Crippen LogP contribution < -0.4 is 5.32 Å². The summed E-state index contributed by atoms with van der Waals surface area (Å²) in [5, 5.41) is 14.9. The van der Waals surface area contributed by atoms with Gasteiger partial charge in [-0.25, -0.2) is 4.98 Å². The second kappa shape index (κ2) is 7.16. The van der Waals surface area contributed by atoms with Crippen LogP contribution in [0.5, 0.6) is 0 Å². The van der Waals surface area contributed by atoms with Gasteiger partial charge in [-0.2, -0.15) is 0 Å². The topological polar surface area (TPSA) is 45.2 Å². The summed E-state index contributed by atoms with van der Waals surface area (Å²) in [6, 6.07) is 8.19. The Morgan fingerprint density at radius 3 is 2.62 bits per heavy atom. The highest BCUT2D eigenvalue weighted by atomic mass is 32.1. The Hall–Kier alpha value is -1.23. The van der Waals surface area contributed by atoms with E-state index in [-0.39, 0.29) is 6.04 Å². The molecular weight excluding hydrogens is 280 g/mol. The third kappa shape index (κ3) is 3.90. The smallest absolute Gasteiger partial charge is 0.0928 e. The molecule has 1 heterocycles. The zero-order valence-electron chi connectivity index (χ0n) is 13.2. The van der Waals surface area contributed by atoms with E-state index in [0.29, 0.717) is 6.54 Å². The van der Waals surface area contributed by atoms with E-state index < -0.39 is 6.10 Å². The first-order chi connectivity index (χ1) is 10.0. The fraction of sp³-hybridized carbons (Fsp3) is 0.471. The highest BCUT2D eigenvalue weighted by Crippen LogP contribution is 2.26. The number of hydrogen-bond donors (Lipinski definition) is 2. The predicted octanol–water partition coefficient (Wildman–Crippen LogP) is 3.71. The van der Waals surface area contributed by atoms with E-state index in [1.54, 1.807) is 11.3 Å². The standard InChI is InChI=1S/C17H24N2OS/c1-5-16-19-13(4)17(21-16)12(3)18-10-15(20)14-9-7-6-8-11(14)2/h6-9,12,15,18,20H,5,10H2,1-4H3. The lowest BCUT2D eigenvalue weighted by Crippen LogP contribution is -2.25. The molecule has 0 bridgehead atoms. The summed E-state index contributed by atoms with van der Waals surface area (Å²) in [6.45, 7) is 8.89. The van der Waals surface area contributed by atoms with Crippen molar-refractivity contribution in [3.05, 3.63) is 51.0 Å². The van der Waals surface area contributed by atoms with E-state index >= 15 is 0 Å². The van der Waals surface area contributed by atoms with Gasteiger partial charge in [0.25, 0.3) is 0 Å². The van der Waals surface area contributed by atoms with Gasteiger partial charge in [0.05, 0.1) is 16.8 Å². The number of aryl methyl sites for hydroxylation is 3. The summed E-state index contributed by atoms with van der Waals surface area (Å²) in [4.78, 5) is 5.83. The van der Waals surface area contributed by atoms with Gasteiger partial charge in [-0.05, 0) is 38.3 Å². The Bertz CT molecular complexity index is 594. The van der Waals surface area contributed by atoms with Gasteiger partial charge in [0.1, 0.15) is 0 Å². The number of nitrogens with one attached hydrogen (secondary N) is 1. The third-order valence-corrected chi connectivity index (χ3v) is 5.22. The lowest BCUT2D eigenvalue weighted by Gasteiger charge is -2.18. The van der Waals surface area contributed by atoms with Crippen molar-refractivity contribution in [3.63, 3.8) is 0 Å². The minimum absolute atomic E-state index is 0.210. The molecule has 0 spiro atoms. The Morgan fingerprint density at radius 1 is 1.29 bits per heavy atom. The number of thiazole rings is 1. The molecule has 2 aromatic rings. The van der Waals surface area contributed by atoms with Crippen LogP contribution in [0, 0.1) is 13.8 Å². The summed E-state index contributed by atoms with van der Waals surface area (Å²) in [7, 11) is 0. The van der Waals surface area contributed by atoms with E-state index in [9.17, 15) is 5.11 Å². The third-order valence-electron chi connectivity index (χ3n) is 3.74. The molecular formula is C17H24N2OS. The van der Waals surface area contributed by atoms with Gasteiger partial charge in [0.15, 0.2) is 0 Å². The Kier molecular flexibility index (Phi) is 5.51. The van der Waals surface area contributed by atoms with Crippen LogP contribution in [-0.4, -0.2) is 16.6 Å². The van der Waals surface area contributed by atoms with E-state index in [1.807, 2.05) is 31.2 Å². The molecule has 2 N–H and O–H groups in total. The average molecular weight is 304 g/mol. The van der Waals surface area contributed by atoms with Crippen LogP contribution in [0.25, 0.3) is 0 Å². The van der Waals surface area contributed by atoms with Crippen molar-refractivity contribution in [2.75, 3.05) is 6.54 Å². The lowest BCUT2D eigenvalue weighted by molar-refractivity contribution is 0.170. The van der Waals surface area contributed by atoms with Gasteiger partial charge < -0.3 is 10.4 Å². The quantitative estimate of drug-likeness (QED) is 0.855. The Labute approximate surface area is 131 Å². The number of nitrogens with zero attached hydrogens (tertiary/aromatic N) is 1. The van der Waals surface area contributed by atoms with E-state index in [2.05, 4.69) is 31.1 Å². The highest BCUT2D eigenvalue weighted by Gasteiger charge is 2.16. The van der Waals surface area contributed by atoms with Crippen molar-refractivity contribution in [2.24, 2.45) is 0 Å². The van der Waals surface area contributed by atoms with Crippen molar-refractivity contribution in [3.8, 4) is 0 Å². The fourth-order valence-corrected chi connectivity index (χ4v) is 3.50. The normalized spacial score (nSPS) is 14.1. The van der Waals surface area contributed by atoms with Gasteiger partial charge >= 0.3 is 0 Å². The number of rotatable bonds is 6. The fourth-order valence-electron chi connectivity index (χ4n) is 2.47. The predicted molar refractivity (Wildman–Crippen MR) is 88.8 cm³/mol. The molecule has 0 saturated heterocycles. The zero-order chi connectivity index (χ0) is 15.4. The van der Waals surface area contributed by atoms with Crippen molar-refractivity contribution in [1.29, 1.82) is 0 Å². The van der Waals surface area contributed by atoms with Gasteiger partial charge in [-0.3, -0.25) is 0 Å². The summed E-state index contributed by atoms with van der Waals surface area (Å²) in [5.74, 6) is 0. The Balaban J connectivity index is 1.99. The Morgan fingerprint density at radius 2 is 2.00 bits per heavy atom. The largest absolute Gasteiger partial charge is 0.387 e. The molecule has 2 unspecified atom stereocenters. The molecule has 1 aromatic heterocycles. The number of aromatic nitrogens is 1. The summed E-state index contributed by atoms with van der Waals surface area (Å²) in [5.41, 5.74) is 3.22. The summed E-state index contributed by atoms with van der Waals surface area (Å²) in [6.07, 6.45) is 0.497. The molecule has 114 valence electrons. The molecule has 21 heavy (non-hydrogen) atoms. The van der Waals surface area contributed by atoms with Crippen LogP contribution in [0.4, 0.5) is 0 Å². The molecule has 1 aromatic carbocycles. The molecule has 2 atom stereocenters. The van der Waals surface area contributed by atoms with E-state index in [4.69, 9.17) is 0 Å². The monoisotopic (exact) mass is 304 g/mol. The first-order valence-electron chi connectivity index (χ1n) is 7.46. The molecule has 0 saturated carbocycles. The van der Waals surface area contributed by atoms with Gasteiger partial charge in [0.2, 0.25) is 0 Å². The van der Waals surface area contributed by atoms with Crippen LogP contribution in [0.1, 0.15) is 52.7 Å². The zero-order valence-corrected chi connectivity index (χ0v) is 14.0. The highest BCUT2D eigenvalue weighted by molar-refractivity contribution is 7.11. The molecule has 4 heteroatoms. The first-order valence-corrected chi connectivity index (χ1v) is 8.27. The minimum atomic E-state index is -0.479. The second-order valence-electron chi connectivity index (χ2n) is 5.41. The van der Waals surface area contributed by atoms with E-state index in [0.717, 1.165) is 23.2 Å². The van der Waals surface area contributed by atoms with E-state index in [1.165, 1.54) is 9.88 Å². The summed E-state index contributed by atoms with van der Waals surface area (Å²) < 4.78 is 0. The van der Waals surface area contributed by atoms with Crippen molar-refractivity contribution in [1.82, 2.24) is 10.3 Å². The van der Waals surface area contributed by atoms with Gasteiger partial charge in [0, 0.05) is 17.5 Å². The molecule has 3 nitrogen and oxygen atoms in total. The first kappa shape index (κ1) is 16.1. The van der Waals surface area contributed by atoms with Crippen LogP contribution in [0.15, 0.2) is 24.3 Å². The van der Waals surface area contributed by atoms with Crippen LogP contribution in [0.3, 0.4) is 0 Å². The molecule has 2 rings (SSSR count). The number of aliphatic hydroxyl groups excluding tert-OH is 1. The summed E-state index contributed by atoms with van der Waals surface area (Å²) >= 11 is 1.76. The maximum absolute atomic E-state index is 10.3. The van der Waals surface area contributed by atoms with Gasteiger partial charge in [-0.1, -0.05) is 31.2 Å². The maximum atomic E-state index is 10.3. The molecule has 0 aliphatic carbocycles. The molecule has 0 fully saturated rings. The molecule has 0 radical (unpaired) electrons. The van der Waals surface area contributed by atoms with Crippen molar-refractivity contribution < 1.29 is 5.11 Å². The van der Waals surface area contributed by atoms with Gasteiger partial charge in [-0.15, -0.1) is 11.3 Å². The van der Waals surface area contributed by atoms with Crippen LogP contribution >= 0.6 is 11.3 Å². The molecule has 0 aliphatic rings. The lowest BCUT2D eigenvalue weighted by atomic mass is 10.0. The SMILES string of the molecule is CCc1nc(C)c(C(C)NCC(O)c2ccccc2C)s1. The number of benzene rings is 1. The molecule has 0 amide bonds. The van der Waals surface area contributed by atoms with Crippen molar-refractivity contribution in [2.45, 2.75) is 46.3 Å². The second-order valence-corrected chi connectivity index (χ2v) is 6.53. The average Bonchev–Trinajstić information content (AvgIpc) is 2.86. The van der Waals surface area contributed by atoms with Crippen molar-refractivity contribution >= 4 is 11.3 Å². The van der Waals surface area contributed by atoms with Crippen LogP contribution in [-0.2, 0) is 6.42 Å². The number of hydrogen-bond acceptors (Lipinski definition) is 4.